The third-order valence-corrected chi connectivity index (χ3v) is 3.11. The molecule has 21 heavy (non-hydrogen) atoms. The topological polar surface area (TPSA) is 79.0 Å². The van der Waals surface area contributed by atoms with Crippen LogP contribution in [0.2, 0.25) is 0 Å². The molecule has 1 N–H and O–H groups in total. The first-order valence-corrected chi connectivity index (χ1v) is 6.18. The smallest absolute Gasteiger partial charge is 0.270 e. The van der Waals surface area contributed by atoms with Crippen LogP contribution in [0.25, 0.3) is 0 Å². The van der Waals surface area contributed by atoms with Crippen LogP contribution < -0.4 is 5.32 Å². The van der Waals surface area contributed by atoms with E-state index in [-0.39, 0.29) is 17.1 Å². The van der Waals surface area contributed by atoms with Crippen molar-refractivity contribution in [1.82, 2.24) is 0 Å². The van der Waals surface area contributed by atoms with Gasteiger partial charge in [-0.2, -0.15) is 5.26 Å². The number of nitriles is 1. The lowest BCUT2D eigenvalue weighted by Crippen LogP contribution is -2.03. The number of nitrogens with zero attached hydrogens (tertiary/aromatic N) is 2. The molecular formula is C15H12FN3O2. The first kappa shape index (κ1) is 14.5. The molecule has 0 saturated carbocycles. The fraction of sp³-hybridized carbons (Fsp3) is 0.133. The minimum absolute atomic E-state index is 0.130. The van der Waals surface area contributed by atoms with Crippen molar-refractivity contribution in [1.29, 1.82) is 5.26 Å². The summed E-state index contributed by atoms with van der Waals surface area (Å²) in [7, 11) is 0. The van der Waals surface area contributed by atoms with Gasteiger partial charge in [-0.3, -0.25) is 10.1 Å². The highest BCUT2D eigenvalue weighted by Gasteiger charge is 2.10. The van der Waals surface area contributed by atoms with E-state index in [1.165, 1.54) is 30.3 Å². The highest BCUT2D eigenvalue weighted by molar-refractivity contribution is 5.61. The predicted molar refractivity (Wildman–Crippen MR) is 76.3 cm³/mol. The largest absolute Gasteiger partial charge is 0.380 e. The van der Waals surface area contributed by atoms with Crippen molar-refractivity contribution in [2.45, 2.75) is 13.5 Å². The van der Waals surface area contributed by atoms with Crippen LogP contribution in [-0.2, 0) is 6.54 Å². The first-order valence-electron chi connectivity index (χ1n) is 6.18. The Balaban J connectivity index is 2.20. The Bertz CT molecular complexity index is 738. The molecule has 0 amide bonds. The molecule has 5 nitrogen and oxygen atoms in total. The molecule has 0 aliphatic carbocycles. The molecule has 0 aliphatic rings. The lowest BCUT2D eigenvalue weighted by molar-refractivity contribution is -0.384. The molecule has 0 radical (unpaired) electrons. The third-order valence-electron chi connectivity index (χ3n) is 3.11. The molecule has 6 heteroatoms. The molecule has 0 aromatic heterocycles. The van der Waals surface area contributed by atoms with Gasteiger partial charge in [0.1, 0.15) is 11.9 Å². The Kier molecular flexibility index (Phi) is 4.14. The van der Waals surface area contributed by atoms with Gasteiger partial charge < -0.3 is 5.32 Å². The fourth-order valence-corrected chi connectivity index (χ4v) is 1.94. The van der Waals surface area contributed by atoms with Crippen molar-refractivity contribution in [3.63, 3.8) is 0 Å². The van der Waals surface area contributed by atoms with E-state index < -0.39 is 4.92 Å². The second-order valence-corrected chi connectivity index (χ2v) is 4.52. The highest BCUT2D eigenvalue weighted by Crippen LogP contribution is 2.22. The molecule has 0 aliphatic heterocycles. The molecule has 0 spiro atoms. The molecule has 0 atom stereocenters. The van der Waals surface area contributed by atoms with Crippen molar-refractivity contribution < 1.29 is 9.31 Å². The van der Waals surface area contributed by atoms with Crippen LogP contribution >= 0.6 is 0 Å². The van der Waals surface area contributed by atoms with Crippen LogP contribution in [0.1, 0.15) is 16.7 Å². The van der Waals surface area contributed by atoms with Gasteiger partial charge in [0.15, 0.2) is 0 Å². The Morgan fingerprint density at radius 1 is 1.33 bits per heavy atom. The monoisotopic (exact) mass is 285 g/mol. The molecule has 2 aromatic rings. The zero-order valence-corrected chi connectivity index (χ0v) is 11.3. The fourth-order valence-electron chi connectivity index (χ4n) is 1.94. The molecule has 0 fully saturated rings. The predicted octanol–water partition coefficient (Wildman–Crippen LogP) is 3.53. The Labute approximate surface area is 120 Å². The van der Waals surface area contributed by atoms with Crippen LogP contribution in [0.4, 0.5) is 15.8 Å². The zero-order chi connectivity index (χ0) is 15.4. The van der Waals surface area contributed by atoms with E-state index in [1.54, 1.807) is 13.0 Å². The number of aryl methyl sites for hydroxylation is 1. The van der Waals surface area contributed by atoms with Gasteiger partial charge in [-0.1, -0.05) is 6.07 Å². The van der Waals surface area contributed by atoms with E-state index in [0.717, 1.165) is 11.1 Å². The van der Waals surface area contributed by atoms with E-state index in [2.05, 4.69) is 5.32 Å². The average Bonchev–Trinajstić information content (AvgIpc) is 2.46. The number of rotatable bonds is 4. The minimum Gasteiger partial charge on any atom is -0.380 e. The molecule has 0 bridgehead atoms. The summed E-state index contributed by atoms with van der Waals surface area (Å²) in [6.07, 6.45) is 0. The quantitative estimate of drug-likeness (QED) is 0.688. The van der Waals surface area contributed by atoms with E-state index in [4.69, 9.17) is 5.26 Å². The van der Waals surface area contributed by atoms with E-state index >= 15 is 0 Å². The van der Waals surface area contributed by atoms with Gasteiger partial charge in [-0.05, 0) is 36.2 Å². The maximum atomic E-state index is 13.0. The molecular weight excluding hydrogens is 273 g/mol. The summed E-state index contributed by atoms with van der Waals surface area (Å²) in [5, 5.41) is 22.8. The second-order valence-electron chi connectivity index (χ2n) is 4.52. The Hall–Kier alpha value is -2.94. The van der Waals surface area contributed by atoms with Gasteiger partial charge in [-0.15, -0.1) is 0 Å². The molecule has 0 heterocycles. The standard InChI is InChI=1S/C15H12FN3O2/c1-10-6-13(16)3-2-11(10)9-18-15-5-4-14(19(20)21)7-12(15)8-17/h2-7,18H,9H2,1H3. The molecule has 2 aromatic carbocycles. The third kappa shape index (κ3) is 3.34. The molecule has 0 unspecified atom stereocenters. The summed E-state index contributed by atoms with van der Waals surface area (Å²) in [5.74, 6) is -0.302. The van der Waals surface area contributed by atoms with Crippen LogP contribution in [0, 0.1) is 34.2 Å². The Morgan fingerprint density at radius 2 is 2.10 bits per heavy atom. The van der Waals surface area contributed by atoms with Crippen molar-refractivity contribution in [3.8, 4) is 6.07 Å². The molecule has 0 saturated heterocycles. The maximum Gasteiger partial charge on any atom is 0.270 e. The number of nitro benzene ring substituents is 1. The van der Waals surface area contributed by atoms with Gasteiger partial charge in [0, 0.05) is 18.7 Å². The van der Waals surface area contributed by atoms with Gasteiger partial charge in [0.05, 0.1) is 16.2 Å². The maximum absolute atomic E-state index is 13.0. The first-order chi connectivity index (χ1) is 10.0. The molecule has 2 rings (SSSR count). The summed E-state index contributed by atoms with van der Waals surface area (Å²) >= 11 is 0. The summed E-state index contributed by atoms with van der Waals surface area (Å²) < 4.78 is 13.0. The summed E-state index contributed by atoms with van der Waals surface area (Å²) in [6.45, 7) is 2.19. The number of hydrogen-bond donors (Lipinski definition) is 1. The lowest BCUT2D eigenvalue weighted by atomic mass is 10.1. The average molecular weight is 285 g/mol. The van der Waals surface area contributed by atoms with E-state index in [1.807, 2.05) is 6.07 Å². The number of hydrogen-bond acceptors (Lipinski definition) is 4. The minimum atomic E-state index is -0.547. The van der Waals surface area contributed by atoms with Gasteiger partial charge in [-0.25, -0.2) is 4.39 Å². The van der Waals surface area contributed by atoms with Gasteiger partial charge in [0.25, 0.3) is 5.69 Å². The number of benzene rings is 2. The SMILES string of the molecule is Cc1cc(F)ccc1CNc1ccc([N+](=O)[O-])cc1C#N. The van der Waals surface area contributed by atoms with Crippen LogP contribution in [0.15, 0.2) is 36.4 Å². The van der Waals surface area contributed by atoms with E-state index in [0.29, 0.717) is 12.2 Å². The summed E-state index contributed by atoms with van der Waals surface area (Å²) in [6, 6.07) is 10.4. The number of halogens is 1. The number of nitro groups is 1. The van der Waals surface area contributed by atoms with Crippen LogP contribution in [0.3, 0.4) is 0 Å². The second kappa shape index (κ2) is 6.01. The lowest BCUT2D eigenvalue weighted by Gasteiger charge is -2.10. The highest BCUT2D eigenvalue weighted by atomic mass is 19.1. The van der Waals surface area contributed by atoms with E-state index in [9.17, 15) is 14.5 Å². The van der Waals surface area contributed by atoms with Gasteiger partial charge >= 0.3 is 0 Å². The van der Waals surface area contributed by atoms with Crippen LogP contribution in [0.5, 0.6) is 0 Å². The number of nitrogens with one attached hydrogen (secondary N) is 1. The van der Waals surface area contributed by atoms with Crippen molar-refractivity contribution in [2.75, 3.05) is 5.32 Å². The normalized spacial score (nSPS) is 9.95. The molecule has 106 valence electrons. The Morgan fingerprint density at radius 3 is 2.71 bits per heavy atom. The summed E-state index contributed by atoms with van der Waals surface area (Å²) in [4.78, 5) is 10.1. The van der Waals surface area contributed by atoms with Crippen molar-refractivity contribution in [2.24, 2.45) is 0 Å². The number of anilines is 1. The summed E-state index contributed by atoms with van der Waals surface area (Å²) in [5.41, 5.74) is 2.26. The van der Waals surface area contributed by atoms with Crippen LogP contribution in [-0.4, -0.2) is 4.92 Å². The number of non-ortho nitro benzene ring substituents is 1. The van der Waals surface area contributed by atoms with Gasteiger partial charge in [0.2, 0.25) is 0 Å². The van der Waals surface area contributed by atoms with Crippen molar-refractivity contribution in [3.05, 3.63) is 69.0 Å². The van der Waals surface area contributed by atoms with Crippen molar-refractivity contribution >= 4 is 11.4 Å². The zero-order valence-electron chi connectivity index (χ0n) is 11.3.